The van der Waals surface area contributed by atoms with Gasteiger partial charge < -0.3 is 14.7 Å². The van der Waals surface area contributed by atoms with E-state index < -0.39 is 0 Å². The molecule has 3 rings (SSSR count). The first-order valence-electron chi connectivity index (χ1n) is 9.14. The van der Waals surface area contributed by atoms with E-state index in [2.05, 4.69) is 4.90 Å². The topological polar surface area (TPSA) is 53.0 Å². The highest BCUT2D eigenvalue weighted by atomic mass is 35.5. The molecule has 1 aliphatic heterocycles. The number of fused-ring (bicyclic) bond motifs is 1. The fourth-order valence-electron chi connectivity index (χ4n) is 3.32. The molecule has 1 amide bonds. The summed E-state index contributed by atoms with van der Waals surface area (Å²) in [5, 5.41) is 11.1. The van der Waals surface area contributed by atoms with E-state index in [1.165, 1.54) is 0 Å². The predicted molar refractivity (Wildman–Crippen MR) is 107 cm³/mol. The Balaban J connectivity index is 1.93. The van der Waals surface area contributed by atoms with E-state index in [-0.39, 0.29) is 17.7 Å². The third-order valence-electron chi connectivity index (χ3n) is 5.06. The monoisotopic (exact) mass is 388 g/mol. The maximum Gasteiger partial charge on any atom is 0.239 e. The predicted octanol–water partition coefficient (Wildman–Crippen LogP) is 3.77. The summed E-state index contributed by atoms with van der Waals surface area (Å²) in [6, 6.07) is 10.9. The lowest BCUT2D eigenvalue weighted by molar-refractivity contribution is -0.135. The average Bonchev–Trinajstić information content (AvgIpc) is 2.89. The van der Waals surface area contributed by atoms with Gasteiger partial charge in [-0.05, 0) is 49.2 Å². The summed E-state index contributed by atoms with van der Waals surface area (Å²) in [5.41, 5.74) is 2.65. The van der Waals surface area contributed by atoms with E-state index in [0.717, 1.165) is 16.7 Å². The molecule has 1 aliphatic rings. The molecular weight excluding hydrogens is 364 g/mol. The lowest BCUT2D eigenvalue weighted by Crippen LogP contribution is -2.46. The molecule has 0 spiro atoms. The first-order valence-corrected chi connectivity index (χ1v) is 9.52. The molecule has 144 valence electrons. The SMILES string of the molecule is CCN(C)C(=O)[C@H](C)N1CCOc2c(O)cc(-c3cccc(Cl)c3)cc2C1. The molecule has 2 aromatic carbocycles. The van der Waals surface area contributed by atoms with E-state index in [9.17, 15) is 9.90 Å². The maximum absolute atomic E-state index is 12.6. The minimum Gasteiger partial charge on any atom is -0.504 e. The number of benzene rings is 2. The van der Waals surface area contributed by atoms with Gasteiger partial charge in [-0.15, -0.1) is 0 Å². The van der Waals surface area contributed by atoms with Crippen LogP contribution in [0.3, 0.4) is 0 Å². The van der Waals surface area contributed by atoms with Crippen LogP contribution in [0, 0.1) is 0 Å². The number of carbonyl (C=O) groups is 1. The van der Waals surface area contributed by atoms with E-state index in [4.69, 9.17) is 16.3 Å². The molecule has 0 fully saturated rings. The highest BCUT2D eigenvalue weighted by Gasteiger charge is 2.27. The number of hydrogen-bond donors (Lipinski definition) is 1. The Labute approximate surface area is 165 Å². The van der Waals surface area contributed by atoms with Crippen molar-refractivity contribution in [1.82, 2.24) is 9.80 Å². The van der Waals surface area contributed by atoms with Crippen molar-refractivity contribution >= 4 is 17.5 Å². The normalized spacial score (nSPS) is 15.4. The third kappa shape index (κ3) is 4.20. The number of ether oxygens (including phenoxy) is 1. The van der Waals surface area contributed by atoms with Gasteiger partial charge in [-0.2, -0.15) is 0 Å². The third-order valence-corrected chi connectivity index (χ3v) is 5.29. The molecule has 1 heterocycles. The molecular formula is C21H25ClN2O3. The van der Waals surface area contributed by atoms with Crippen LogP contribution in [-0.2, 0) is 11.3 Å². The molecule has 1 atom stereocenters. The fraction of sp³-hybridized carbons (Fsp3) is 0.381. The number of phenolic OH excluding ortho intramolecular Hbond substituents is 1. The van der Waals surface area contributed by atoms with E-state index in [1.54, 1.807) is 11.0 Å². The molecule has 1 N–H and O–H groups in total. The Kier molecular flexibility index (Phi) is 5.92. The van der Waals surface area contributed by atoms with Crippen LogP contribution in [-0.4, -0.2) is 53.6 Å². The highest BCUT2D eigenvalue weighted by molar-refractivity contribution is 6.30. The van der Waals surface area contributed by atoms with Crippen molar-refractivity contribution in [3.8, 4) is 22.6 Å². The Morgan fingerprint density at radius 2 is 2.11 bits per heavy atom. The standard InChI is InChI=1S/C21H25ClN2O3/c1-4-23(3)21(26)14(2)24-8-9-27-20-17(13-24)10-16(12-19(20)25)15-6-5-7-18(22)11-15/h5-7,10-12,14,25H,4,8-9,13H2,1-3H3/t14-/m0/s1. The first kappa shape index (κ1) is 19.5. The van der Waals surface area contributed by atoms with Crippen LogP contribution >= 0.6 is 11.6 Å². The number of likely N-dealkylation sites (N-methyl/N-ethyl adjacent to an activating group) is 1. The van der Waals surface area contributed by atoms with Gasteiger partial charge in [0.25, 0.3) is 0 Å². The summed E-state index contributed by atoms with van der Waals surface area (Å²) in [6.07, 6.45) is 0. The minimum atomic E-state index is -0.263. The zero-order valence-electron chi connectivity index (χ0n) is 15.9. The van der Waals surface area contributed by atoms with Gasteiger partial charge >= 0.3 is 0 Å². The molecule has 0 saturated carbocycles. The summed E-state index contributed by atoms with van der Waals surface area (Å²) in [5.74, 6) is 0.678. The Morgan fingerprint density at radius 3 is 2.81 bits per heavy atom. The lowest BCUT2D eigenvalue weighted by Gasteiger charge is -2.29. The van der Waals surface area contributed by atoms with Gasteiger partial charge in [-0.25, -0.2) is 0 Å². The number of nitrogens with zero attached hydrogens (tertiary/aromatic N) is 2. The highest BCUT2D eigenvalue weighted by Crippen LogP contribution is 2.38. The van der Waals surface area contributed by atoms with Gasteiger partial charge in [-0.1, -0.05) is 23.7 Å². The summed E-state index contributed by atoms with van der Waals surface area (Å²) >= 11 is 6.11. The largest absolute Gasteiger partial charge is 0.504 e. The van der Waals surface area contributed by atoms with E-state index in [0.29, 0.717) is 37.0 Å². The van der Waals surface area contributed by atoms with Crippen molar-refractivity contribution in [2.45, 2.75) is 26.4 Å². The van der Waals surface area contributed by atoms with E-state index >= 15 is 0 Å². The van der Waals surface area contributed by atoms with Crippen molar-refractivity contribution in [1.29, 1.82) is 0 Å². The average molecular weight is 389 g/mol. The van der Waals surface area contributed by atoms with E-state index in [1.807, 2.05) is 51.2 Å². The van der Waals surface area contributed by atoms with Crippen molar-refractivity contribution in [2.75, 3.05) is 26.7 Å². The van der Waals surface area contributed by atoms with Crippen LogP contribution in [0.25, 0.3) is 11.1 Å². The number of amides is 1. The zero-order chi connectivity index (χ0) is 19.6. The van der Waals surface area contributed by atoms with Crippen molar-refractivity contribution < 1.29 is 14.6 Å². The quantitative estimate of drug-likeness (QED) is 0.866. The van der Waals surface area contributed by atoms with Crippen LogP contribution in [0.2, 0.25) is 5.02 Å². The van der Waals surface area contributed by atoms with Crippen LogP contribution in [0.15, 0.2) is 36.4 Å². The van der Waals surface area contributed by atoms with Crippen molar-refractivity contribution in [2.24, 2.45) is 0 Å². The molecule has 5 nitrogen and oxygen atoms in total. The second-order valence-corrected chi connectivity index (χ2v) is 7.28. The van der Waals surface area contributed by atoms with Crippen LogP contribution in [0.1, 0.15) is 19.4 Å². The summed E-state index contributed by atoms with van der Waals surface area (Å²) in [6.45, 7) is 6.11. The molecule has 0 bridgehead atoms. The van der Waals surface area contributed by atoms with Crippen LogP contribution in [0.5, 0.6) is 11.5 Å². The maximum atomic E-state index is 12.6. The molecule has 0 unspecified atom stereocenters. The molecule has 27 heavy (non-hydrogen) atoms. The lowest BCUT2D eigenvalue weighted by atomic mass is 10.0. The number of aromatic hydroxyl groups is 1. The van der Waals surface area contributed by atoms with Crippen LogP contribution < -0.4 is 4.74 Å². The Bertz CT molecular complexity index is 840. The van der Waals surface area contributed by atoms with Gasteiger partial charge in [0.2, 0.25) is 5.91 Å². The number of hydrogen-bond acceptors (Lipinski definition) is 4. The van der Waals surface area contributed by atoms with Crippen LogP contribution in [0.4, 0.5) is 0 Å². The number of halogens is 1. The number of phenols is 1. The molecule has 2 aromatic rings. The molecule has 6 heteroatoms. The first-order chi connectivity index (χ1) is 12.9. The molecule has 0 saturated heterocycles. The van der Waals surface area contributed by atoms with Gasteiger partial charge in [-0.3, -0.25) is 9.69 Å². The second kappa shape index (κ2) is 8.19. The summed E-state index contributed by atoms with van der Waals surface area (Å²) in [4.78, 5) is 16.4. The van der Waals surface area contributed by atoms with Gasteiger partial charge in [0.1, 0.15) is 6.61 Å². The summed E-state index contributed by atoms with van der Waals surface area (Å²) in [7, 11) is 1.81. The Hall–Kier alpha value is -2.24. The summed E-state index contributed by atoms with van der Waals surface area (Å²) < 4.78 is 5.80. The number of carbonyl (C=O) groups excluding carboxylic acids is 1. The fourth-order valence-corrected chi connectivity index (χ4v) is 3.51. The van der Waals surface area contributed by atoms with Gasteiger partial charge in [0, 0.05) is 37.3 Å². The van der Waals surface area contributed by atoms with Crippen molar-refractivity contribution in [3.63, 3.8) is 0 Å². The molecule has 0 aliphatic carbocycles. The second-order valence-electron chi connectivity index (χ2n) is 6.84. The molecule has 0 aromatic heterocycles. The van der Waals surface area contributed by atoms with Gasteiger partial charge in [0.15, 0.2) is 11.5 Å². The Morgan fingerprint density at radius 1 is 1.33 bits per heavy atom. The number of rotatable bonds is 4. The minimum absolute atomic E-state index is 0.0798. The van der Waals surface area contributed by atoms with Crippen molar-refractivity contribution in [3.05, 3.63) is 47.0 Å². The van der Waals surface area contributed by atoms with Gasteiger partial charge in [0.05, 0.1) is 6.04 Å². The smallest absolute Gasteiger partial charge is 0.239 e. The zero-order valence-corrected chi connectivity index (χ0v) is 16.7. The molecule has 0 radical (unpaired) electrons.